The summed E-state index contributed by atoms with van der Waals surface area (Å²) in [6.45, 7) is 6.07. The van der Waals surface area contributed by atoms with E-state index in [1.165, 1.54) is 0 Å². The Morgan fingerprint density at radius 1 is 1.31 bits per heavy atom. The van der Waals surface area contributed by atoms with Gasteiger partial charge >= 0.3 is 5.97 Å². The second-order valence-electron chi connectivity index (χ2n) is 7.16. The van der Waals surface area contributed by atoms with Crippen LogP contribution in [0.2, 0.25) is 0 Å². The van der Waals surface area contributed by atoms with Crippen molar-refractivity contribution in [2.24, 2.45) is 5.92 Å². The number of carbonyl (C=O) groups is 1. The maximum Gasteiger partial charge on any atom is 0.339 e. The van der Waals surface area contributed by atoms with Crippen LogP contribution >= 0.6 is 0 Å². The molecule has 5 heteroatoms. The van der Waals surface area contributed by atoms with Gasteiger partial charge in [0.25, 0.3) is 0 Å². The fraction of sp³-hybridized carbons (Fsp3) is 0.381. The van der Waals surface area contributed by atoms with Crippen molar-refractivity contribution in [3.05, 3.63) is 58.1 Å². The maximum atomic E-state index is 13.1. The van der Waals surface area contributed by atoms with E-state index in [2.05, 4.69) is 12.1 Å². The molecule has 134 valence electrons. The summed E-state index contributed by atoms with van der Waals surface area (Å²) in [6, 6.07) is 7.80. The molecule has 1 atom stereocenters. The molecule has 4 rings (SSSR count). The van der Waals surface area contributed by atoms with Gasteiger partial charge < -0.3 is 9.26 Å². The van der Waals surface area contributed by atoms with E-state index in [1.807, 2.05) is 38.1 Å². The van der Waals surface area contributed by atoms with Gasteiger partial charge in [-0.15, -0.1) is 0 Å². The van der Waals surface area contributed by atoms with Gasteiger partial charge in [0.15, 0.2) is 0 Å². The summed E-state index contributed by atoms with van der Waals surface area (Å²) in [6.07, 6.45) is 2.88. The van der Waals surface area contributed by atoms with Crippen molar-refractivity contribution in [2.75, 3.05) is 0 Å². The number of pyridine rings is 1. The summed E-state index contributed by atoms with van der Waals surface area (Å²) >= 11 is 0. The van der Waals surface area contributed by atoms with Crippen LogP contribution in [0.4, 0.5) is 0 Å². The fourth-order valence-corrected chi connectivity index (χ4v) is 3.71. The predicted octanol–water partition coefficient (Wildman–Crippen LogP) is 4.32. The molecule has 0 bridgehead atoms. The van der Waals surface area contributed by atoms with Crippen molar-refractivity contribution in [3.8, 4) is 0 Å². The van der Waals surface area contributed by atoms with Crippen LogP contribution in [0.5, 0.6) is 0 Å². The van der Waals surface area contributed by atoms with E-state index >= 15 is 0 Å². The quantitative estimate of drug-likeness (QED) is 0.658. The van der Waals surface area contributed by atoms with Gasteiger partial charge in [-0.2, -0.15) is 0 Å². The normalized spacial score (nSPS) is 16.5. The molecule has 0 unspecified atom stereocenters. The van der Waals surface area contributed by atoms with Gasteiger partial charge in [-0.3, -0.25) is 4.98 Å². The van der Waals surface area contributed by atoms with Crippen molar-refractivity contribution in [1.29, 1.82) is 0 Å². The van der Waals surface area contributed by atoms with Gasteiger partial charge in [0.1, 0.15) is 12.4 Å². The molecule has 0 aliphatic heterocycles. The molecule has 2 aromatic heterocycles. The Kier molecular flexibility index (Phi) is 4.23. The molecule has 0 saturated heterocycles. The SMILES string of the molecule is Cc1noc(C)c1COC(=O)c1c2c(nc3ccccc13)CC[C@H](C)C2. The van der Waals surface area contributed by atoms with E-state index in [0.717, 1.165) is 52.7 Å². The first-order valence-corrected chi connectivity index (χ1v) is 9.04. The largest absolute Gasteiger partial charge is 0.457 e. The Morgan fingerprint density at radius 3 is 2.88 bits per heavy atom. The smallest absolute Gasteiger partial charge is 0.339 e. The number of fused-ring (bicyclic) bond motifs is 2. The molecule has 0 spiro atoms. The van der Waals surface area contributed by atoms with Crippen LogP contribution in [-0.2, 0) is 24.2 Å². The van der Waals surface area contributed by atoms with Gasteiger partial charge in [0.05, 0.1) is 22.3 Å². The Hall–Kier alpha value is -2.69. The highest BCUT2D eigenvalue weighted by atomic mass is 16.5. The third kappa shape index (κ3) is 2.87. The summed E-state index contributed by atoms with van der Waals surface area (Å²) in [5, 5.41) is 4.79. The first-order valence-electron chi connectivity index (χ1n) is 9.04. The predicted molar refractivity (Wildman–Crippen MR) is 98.0 cm³/mol. The topological polar surface area (TPSA) is 65.2 Å². The highest BCUT2D eigenvalue weighted by Gasteiger charge is 2.26. The van der Waals surface area contributed by atoms with E-state index in [0.29, 0.717) is 17.2 Å². The number of rotatable bonds is 3. The van der Waals surface area contributed by atoms with Crippen LogP contribution in [-0.4, -0.2) is 16.1 Å². The van der Waals surface area contributed by atoms with Crippen molar-refractivity contribution in [1.82, 2.24) is 10.1 Å². The molecule has 1 aliphatic rings. The van der Waals surface area contributed by atoms with Gasteiger partial charge in [0, 0.05) is 11.1 Å². The minimum Gasteiger partial charge on any atom is -0.457 e. The molecule has 0 saturated carbocycles. The zero-order valence-corrected chi connectivity index (χ0v) is 15.3. The highest BCUT2D eigenvalue weighted by molar-refractivity contribution is 6.05. The molecule has 2 heterocycles. The number of esters is 1. The fourth-order valence-electron chi connectivity index (χ4n) is 3.71. The molecule has 26 heavy (non-hydrogen) atoms. The molecular formula is C21H22N2O3. The molecule has 5 nitrogen and oxygen atoms in total. The zero-order valence-electron chi connectivity index (χ0n) is 15.3. The Labute approximate surface area is 152 Å². The number of aryl methyl sites for hydroxylation is 3. The first kappa shape index (κ1) is 16.8. The van der Waals surface area contributed by atoms with E-state index < -0.39 is 0 Å². The van der Waals surface area contributed by atoms with Crippen molar-refractivity contribution < 1.29 is 14.1 Å². The molecule has 0 amide bonds. The van der Waals surface area contributed by atoms with Crippen LogP contribution in [0.25, 0.3) is 10.9 Å². The Morgan fingerprint density at radius 2 is 2.12 bits per heavy atom. The number of hydrogen-bond donors (Lipinski definition) is 0. The van der Waals surface area contributed by atoms with Crippen LogP contribution in [0, 0.1) is 19.8 Å². The van der Waals surface area contributed by atoms with Gasteiger partial charge in [-0.1, -0.05) is 30.3 Å². The monoisotopic (exact) mass is 350 g/mol. The molecule has 0 N–H and O–H groups in total. The lowest BCUT2D eigenvalue weighted by molar-refractivity contribution is 0.0471. The summed E-state index contributed by atoms with van der Waals surface area (Å²) in [4.78, 5) is 17.9. The number of para-hydroxylation sites is 1. The Bertz CT molecular complexity index is 971. The number of aromatic nitrogens is 2. The van der Waals surface area contributed by atoms with E-state index in [-0.39, 0.29) is 12.6 Å². The van der Waals surface area contributed by atoms with Crippen LogP contribution in [0.15, 0.2) is 28.8 Å². The summed E-state index contributed by atoms with van der Waals surface area (Å²) in [5.74, 6) is 0.930. The van der Waals surface area contributed by atoms with E-state index in [4.69, 9.17) is 14.2 Å². The van der Waals surface area contributed by atoms with Gasteiger partial charge in [-0.05, 0) is 50.7 Å². The van der Waals surface area contributed by atoms with Gasteiger partial charge in [0.2, 0.25) is 0 Å². The maximum absolute atomic E-state index is 13.1. The average Bonchev–Trinajstić information content (AvgIpc) is 2.95. The van der Waals surface area contributed by atoms with Gasteiger partial charge in [-0.25, -0.2) is 4.79 Å². The first-order chi connectivity index (χ1) is 12.5. The van der Waals surface area contributed by atoms with Crippen molar-refractivity contribution >= 4 is 16.9 Å². The summed E-state index contributed by atoms with van der Waals surface area (Å²) < 4.78 is 10.8. The third-order valence-corrected chi connectivity index (χ3v) is 5.24. The summed E-state index contributed by atoms with van der Waals surface area (Å²) in [7, 11) is 0. The second-order valence-corrected chi connectivity index (χ2v) is 7.16. The molecule has 0 radical (unpaired) electrons. The number of benzene rings is 1. The number of ether oxygens (including phenoxy) is 1. The van der Waals surface area contributed by atoms with Crippen LogP contribution < -0.4 is 0 Å². The molecule has 3 aromatic rings. The summed E-state index contributed by atoms with van der Waals surface area (Å²) in [5.41, 5.74) is 5.19. The van der Waals surface area contributed by atoms with Crippen molar-refractivity contribution in [3.63, 3.8) is 0 Å². The minimum absolute atomic E-state index is 0.168. The number of nitrogens with zero attached hydrogens (tertiary/aromatic N) is 2. The molecular weight excluding hydrogens is 328 g/mol. The zero-order chi connectivity index (χ0) is 18.3. The van der Waals surface area contributed by atoms with Crippen molar-refractivity contribution in [2.45, 2.75) is 46.6 Å². The van der Waals surface area contributed by atoms with E-state index in [9.17, 15) is 4.79 Å². The number of hydrogen-bond acceptors (Lipinski definition) is 5. The lowest BCUT2D eigenvalue weighted by Crippen LogP contribution is -2.19. The lowest BCUT2D eigenvalue weighted by Gasteiger charge is -2.24. The minimum atomic E-state index is -0.297. The number of carbonyl (C=O) groups excluding carboxylic acids is 1. The highest BCUT2D eigenvalue weighted by Crippen LogP contribution is 2.32. The van der Waals surface area contributed by atoms with Crippen LogP contribution in [0.3, 0.4) is 0 Å². The van der Waals surface area contributed by atoms with Crippen LogP contribution in [0.1, 0.15) is 52.0 Å². The standard InChI is InChI=1S/C21H22N2O3/c1-12-8-9-19-16(10-12)20(15-6-4-5-7-18(15)22-19)21(24)25-11-17-13(2)23-26-14(17)3/h4-7,12H,8-11H2,1-3H3/t12-/m0/s1. The second kappa shape index (κ2) is 6.56. The lowest BCUT2D eigenvalue weighted by atomic mass is 9.84. The Balaban J connectivity index is 1.74. The molecule has 0 fully saturated rings. The van der Waals surface area contributed by atoms with E-state index in [1.54, 1.807) is 0 Å². The molecule has 1 aromatic carbocycles. The average molecular weight is 350 g/mol. The molecule has 1 aliphatic carbocycles. The third-order valence-electron chi connectivity index (χ3n) is 5.24.